The van der Waals surface area contributed by atoms with E-state index < -0.39 is 0 Å². The number of benzene rings is 2. The first-order chi connectivity index (χ1) is 14.0. The lowest BCUT2D eigenvalue weighted by molar-refractivity contribution is -0.118. The standard InChI is InChI=1S/C23H20BrN3OS/c1-15-6-7-17(16(2)11-15)12-22(28)27(14-19-5-3-4-10-25-19)23-26-20-9-8-18(24)13-21(20)29-23/h3-11,13H,12,14H2,1-2H3. The summed E-state index contributed by atoms with van der Waals surface area (Å²) in [5.41, 5.74) is 5.08. The maximum atomic E-state index is 13.4. The Bertz CT molecular complexity index is 1170. The number of pyridine rings is 1. The Labute approximate surface area is 182 Å². The molecule has 0 aliphatic carbocycles. The van der Waals surface area contributed by atoms with E-state index in [-0.39, 0.29) is 5.91 Å². The van der Waals surface area contributed by atoms with Crippen molar-refractivity contribution in [3.63, 3.8) is 0 Å². The van der Waals surface area contributed by atoms with Crippen molar-refractivity contribution < 1.29 is 4.79 Å². The molecule has 4 rings (SSSR count). The second kappa shape index (κ2) is 8.43. The molecule has 0 saturated carbocycles. The number of nitrogens with zero attached hydrogens (tertiary/aromatic N) is 3. The van der Waals surface area contributed by atoms with Crippen molar-refractivity contribution in [2.75, 3.05) is 4.90 Å². The summed E-state index contributed by atoms with van der Waals surface area (Å²) in [6.45, 7) is 4.50. The Morgan fingerprint density at radius 2 is 1.97 bits per heavy atom. The van der Waals surface area contributed by atoms with Gasteiger partial charge in [-0.15, -0.1) is 0 Å². The molecule has 0 fully saturated rings. The van der Waals surface area contributed by atoms with Gasteiger partial charge in [-0.2, -0.15) is 0 Å². The average molecular weight is 466 g/mol. The van der Waals surface area contributed by atoms with Gasteiger partial charge in [0.25, 0.3) is 0 Å². The van der Waals surface area contributed by atoms with Crippen molar-refractivity contribution in [1.29, 1.82) is 0 Å². The first-order valence-electron chi connectivity index (χ1n) is 9.32. The van der Waals surface area contributed by atoms with Crippen LogP contribution in [0, 0.1) is 13.8 Å². The lowest BCUT2D eigenvalue weighted by atomic mass is 10.0. The van der Waals surface area contributed by atoms with E-state index in [1.807, 2.05) is 55.5 Å². The van der Waals surface area contributed by atoms with Gasteiger partial charge < -0.3 is 0 Å². The highest BCUT2D eigenvalue weighted by atomic mass is 79.9. The minimum absolute atomic E-state index is 0.0146. The summed E-state index contributed by atoms with van der Waals surface area (Å²) in [7, 11) is 0. The number of fused-ring (bicyclic) bond motifs is 1. The van der Waals surface area contributed by atoms with Crippen LogP contribution in [-0.2, 0) is 17.8 Å². The third kappa shape index (κ3) is 4.54. The van der Waals surface area contributed by atoms with Gasteiger partial charge in [-0.1, -0.05) is 57.1 Å². The fourth-order valence-electron chi connectivity index (χ4n) is 3.22. The zero-order chi connectivity index (χ0) is 20.4. The van der Waals surface area contributed by atoms with Gasteiger partial charge >= 0.3 is 0 Å². The second-order valence-electron chi connectivity index (χ2n) is 7.02. The number of carbonyl (C=O) groups excluding carboxylic acids is 1. The summed E-state index contributed by atoms with van der Waals surface area (Å²) in [6, 6.07) is 17.9. The van der Waals surface area contributed by atoms with E-state index >= 15 is 0 Å². The van der Waals surface area contributed by atoms with Gasteiger partial charge in [-0.05, 0) is 55.3 Å². The number of amides is 1. The van der Waals surface area contributed by atoms with E-state index in [9.17, 15) is 4.79 Å². The summed E-state index contributed by atoms with van der Waals surface area (Å²) in [5.74, 6) is 0.0146. The number of carbonyl (C=O) groups is 1. The maximum Gasteiger partial charge on any atom is 0.233 e. The van der Waals surface area contributed by atoms with E-state index in [1.54, 1.807) is 11.1 Å². The minimum Gasteiger partial charge on any atom is -0.282 e. The highest BCUT2D eigenvalue weighted by Crippen LogP contribution is 2.32. The molecule has 0 radical (unpaired) electrons. The molecule has 0 spiro atoms. The maximum absolute atomic E-state index is 13.4. The Hall–Kier alpha value is -2.57. The summed E-state index contributed by atoms with van der Waals surface area (Å²) < 4.78 is 2.04. The Morgan fingerprint density at radius 3 is 2.72 bits per heavy atom. The van der Waals surface area contributed by atoms with Crippen LogP contribution < -0.4 is 4.90 Å². The highest BCUT2D eigenvalue weighted by molar-refractivity contribution is 9.10. The van der Waals surface area contributed by atoms with Crippen molar-refractivity contribution in [3.8, 4) is 0 Å². The van der Waals surface area contributed by atoms with Crippen molar-refractivity contribution >= 4 is 48.5 Å². The van der Waals surface area contributed by atoms with Crippen molar-refractivity contribution in [2.45, 2.75) is 26.8 Å². The molecule has 0 aliphatic heterocycles. The molecule has 0 atom stereocenters. The Morgan fingerprint density at radius 1 is 1.10 bits per heavy atom. The fourth-order valence-corrected chi connectivity index (χ4v) is 4.75. The van der Waals surface area contributed by atoms with Crippen LogP contribution in [0.4, 0.5) is 5.13 Å². The van der Waals surface area contributed by atoms with E-state index in [2.05, 4.69) is 33.9 Å². The molecule has 0 aliphatic rings. The third-order valence-electron chi connectivity index (χ3n) is 4.76. The van der Waals surface area contributed by atoms with E-state index in [4.69, 9.17) is 4.98 Å². The number of aryl methyl sites for hydroxylation is 2. The van der Waals surface area contributed by atoms with Gasteiger partial charge in [-0.3, -0.25) is 14.7 Å². The molecule has 4 aromatic rings. The molecule has 0 N–H and O–H groups in total. The molecule has 6 heteroatoms. The molecular weight excluding hydrogens is 446 g/mol. The molecule has 0 bridgehead atoms. The van der Waals surface area contributed by atoms with Gasteiger partial charge in [0.1, 0.15) is 0 Å². The molecule has 1 amide bonds. The first-order valence-corrected chi connectivity index (χ1v) is 10.9. The number of anilines is 1. The zero-order valence-electron chi connectivity index (χ0n) is 16.2. The molecule has 29 heavy (non-hydrogen) atoms. The van der Waals surface area contributed by atoms with Crippen molar-refractivity contribution in [2.24, 2.45) is 0 Å². The summed E-state index contributed by atoms with van der Waals surface area (Å²) in [4.78, 5) is 24.2. The van der Waals surface area contributed by atoms with Crippen LogP contribution in [0.2, 0.25) is 0 Å². The Kier molecular flexibility index (Phi) is 5.74. The first kappa shape index (κ1) is 19.7. The zero-order valence-corrected chi connectivity index (χ0v) is 18.6. The molecule has 0 saturated heterocycles. The SMILES string of the molecule is Cc1ccc(CC(=O)N(Cc2ccccn2)c2nc3ccc(Br)cc3s2)c(C)c1. The van der Waals surface area contributed by atoms with Gasteiger partial charge in [0.15, 0.2) is 5.13 Å². The average Bonchev–Trinajstić information content (AvgIpc) is 3.11. The van der Waals surface area contributed by atoms with E-state index in [1.165, 1.54) is 16.9 Å². The molecule has 4 nitrogen and oxygen atoms in total. The number of hydrogen-bond donors (Lipinski definition) is 0. The predicted molar refractivity (Wildman–Crippen MR) is 122 cm³/mol. The van der Waals surface area contributed by atoms with E-state index in [0.717, 1.165) is 31.5 Å². The van der Waals surface area contributed by atoms with Crippen LogP contribution in [0.1, 0.15) is 22.4 Å². The summed E-state index contributed by atoms with van der Waals surface area (Å²) in [5, 5.41) is 0.693. The van der Waals surface area contributed by atoms with Crippen LogP contribution >= 0.6 is 27.3 Å². The number of thiazole rings is 1. The van der Waals surface area contributed by atoms with E-state index in [0.29, 0.717) is 18.1 Å². The minimum atomic E-state index is 0.0146. The van der Waals surface area contributed by atoms with Crippen molar-refractivity contribution in [3.05, 3.63) is 87.7 Å². The summed E-state index contributed by atoms with van der Waals surface area (Å²) in [6.07, 6.45) is 2.08. The largest absolute Gasteiger partial charge is 0.282 e. The van der Waals surface area contributed by atoms with Crippen LogP contribution in [0.5, 0.6) is 0 Å². The molecule has 2 heterocycles. The Balaban J connectivity index is 1.69. The van der Waals surface area contributed by atoms with Gasteiger partial charge in [0.2, 0.25) is 5.91 Å². The van der Waals surface area contributed by atoms with Crippen LogP contribution in [-0.4, -0.2) is 15.9 Å². The van der Waals surface area contributed by atoms with Crippen LogP contribution in [0.25, 0.3) is 10.2 Å². The van der Waals surface area contributed by atoms with Gasteiger partial charge in [0.05, 0.1) is 28.9 Å². The normalized spacial score (nSPS) is 11.0. The van der Waals surface area contributed by atoms with Crippen LogP contribution in [0.15, 0.2) is 65.3 Å². The van der Waals surface area contributed by atoms with Crippen molar-refractivity contribution in [1.82, 2.24) is 9.97 Å². The van der Waals surface area contributed by atoms with Gasteiger partial charge in [0, 0.05) is 10.7 Å². The quantitative estimate of drug-likeness (QED) is 0.371. The molecule has 2 aromatic carbocycles. The third-order valence-corrected chi connectivity index (χ3v) is 6.29. The fraction of sp³-hybridized carbons (Fsp3) is 0.174. The summed E-state index contributed by atoms with van der Waals surface area (Å²) >= 11 is 5.03. The molecule has 146 valence electrons. The topological polar surface area (TPSA) is 46.1 Å². The molecule has 2 aromatic heterocycles. The smallest absolute Gasteiger partial charge is 0.233 e. The monoisotopic (exact) mass is 465 g/mol. The lowest BCUT2D eigenvalue weighted by Crippen LogP contribution is -2.32. The van der Waals surface area contributed by atoms with Gasteiger partial charge in [-0.25, -0.2) is 4.98 Å². The van der Waals surface area contributed by atoms with Crippen LogP contribution in [0.3, 0.4) is 0 Å². The lowest BCUT2D eigenvalue weighted by Gasteiger charge is -2.20. The number of halogens is 1. The second-order valence-corrected chi connectivity index (χ2v) is 8.94. The number of aromatic nitrogens is 2. The molecule has 0 unspecified atom stereocenters. The highest BCUT2D eigenvalue weighted by Gasteiger charge is 2.21. The molecular formula is C23H20BrN3OS. The predicted octanol–water partition coefficient (Wildman–Crippen LogP) is 5.85. The number of hydrogen-bond acceptors (Lipinski definition) is 4. The number of rotatable bonds is 5.